The lowest BCUT2D eigenvalue weighted by Crippen LogP contribution is -2.47. The van der Waals surface area contributed by atoms with Crippen molar-refractivity contribution in [2.75, 3.05) is 36.0 Å². The molecule has 3 aromatic rings. The molecule has 6 nitrogen and oxygen atoms in total. The van der Waals surface area contributed by atoms with Gasteiger partial charge < -0.3 is 14.9 Å². The Morgan fingerprint density at radius 1 is 0.893 bits per heavy atom. The zero-order valence-electron chi connectivity index (χ0n) is 15.3. The molecule has 1 fully saturated rings. The molecule has 7 heteroatoms. The number of hydrogen-bond donors (Lipinski definition) is 1. The minimum absolute atomic E-state index is 0.196. The number of phenols is 1. The molecule has 0 radical (unpaired) electrons. The number of piperazine rings is 1. The molecule has 1 saturated heterocycles. The Kier molecular flexibility index (Phi) is 5.21. The Morgan fingerprint density at radius 3 is 2.18 bits per heavy atom. The molecule has 28 heavy (non-hydrogen) atoms. The van der Waals surface area contributed by atoms with Gasteiger partial charge in [-0.15, -0.1) is 0 Å². The van der Waals surface area contributed by atoms with E-state index in [1.54, 1.807) is 12.3 Å². The van der Waals surface area contributed by atoms with Crippen molar-refractivity contribution in [1.29, 1.82) is 0 Å². The van der Waals surface area contributed by atoms with Crippen LogP contribution < -0.4 is 15.4 Å². The van der Waals surface area contributed by atoms with Gasteiger partial charge in [-0.2, -0.15) is 5.10 Å². The molecule has 0 amide bonds. The van der Waals surface area contributed by atoms with Crippen LogP contribution in [0.1, 0.15) is 5.56 Å². The number of halogens is 1. The fourth-order valence-electron chi connectivity index (χ4n) is 3.47. The summed E-state index contributed by atoms with van der Waals surface area (Å²) in [7, 11) is 0. The number of aromatic nitrogens is 2. The van der Waals surface area contributed by atoms with E-state index in [1.165, 1.54) is 4.68 Å². The molecule has 1 N–H and O–H groups in total. The molecule has 0 aliphatic carbocycles. The Labute approximate surface area is 168 Å². The second kappa shape index (κ2) is 7.94. The van der Waals surface area contributed by atoms with E-state index >= 15 is 0 Å². The maximum atomic E-state index is 12.7. The predicted octanol–water partition coefficient (Wildman–Crippen LogP) is 2.98. The zero-order valence-corrected chi connectivity index (χ0v) is 16.1. The molecule has 2 aromatic carbocycles. The van der Waals surface area contributed by atoms with Crippen molar-refractivity contribution >= 4 is 23.0 Å². The van der Waals surface area contributed by atoms with Gasteiger partial charge in [0.25, 0.3) is 5.56 Å². The first kappa shape index (κ1) is 18.4. The van der Waals surface area contributed by atoms with Gasteiger partial charge in [0.1, 0.15) is 10.8 Å². The standard InChI is InChI=1S/C21H21ClN4O2/c22-20-18(14-23-26(21(20)28)15-16-6-2-1-3-7-16)25-12-10-24(11-13-25)17-8-4-5-9-19(17)27/h1-9,14,27H,10-13,15H2. The lowest BCUT2D eigenvalue weighted by atomic mass is 10.2. The summed E-state index contributed by atoms with van der Waals surface area (Å²) in [5.41, 5.74) is 2.20. The van der Waals surface area contributed by atoms with Gasteiger partial charge in [-0.05, 0) is 17.7 Å². The third-order valence-corrected chi connectivity index (χ3v) is 5.34. The molecular formula is C21H21ClN4O2. The van der Waals surface area contributed by atoms with Crippen molar-refractivity contribution in [3.05, 3.63) is 81.7 Å². The molecule has 0 saturated carbocycles. The fraction of sp³-hybridized carbons (Fsp3) is 0.238. The van der Waals surface area contributed by atoms with E-state index in [0.717, 1.165) is 24.3 Å². The quantitative estimate of drug-likeness (QED) is 0.734. The highest BCUT2D eigenvalue weighted by atomic mass is 35.5. The second-order valence-corrected chi connectivity index (χ2v) is 7.13. The summed E-state index contributed by atoms with van der Waals surface area (Å²) in [6.45, 7) is 3.22. The van der Waals surface area contributed by atoms with Crippen molar-refractivity contribution in [1.82, 2.24) is 9.78 Å². The topological polar surface area (TPSA) is 61.6 Å². The predicted molar refractivity (Wildman–Crippen MR) is 112 cm³/mol. The smallest absolute Gasteiger partial charge is 0.287 e. The Balaban J connectivity index is 1.49. The van der Waals surface area contributed by atoms with Crippen LogP contribution in [0.4, 0.5) is 11.4 Å². The van der Waals surface area contributed by atoms with E-state index in [4.69, 9.17) is 11.6 Å². The van der Waals surface area contributed by atoms with Crippen LogP contribution in [0.25, 0.3) is 0 Å². The van der Waals surface area contributed by atoms with Gasteiger partial charge in [-0.1, -0.05) is 54.1 Å². The highest BCUT2D eigenvalue weighted by Crippen LogP contribution is 2.29. The molecule has 0 atom stereocenters. The lowest BCUT2D eigenvalue weighted by molar-refractivity contribution is 0.472. The third-order valence-electron chi connectivity index (χ3n) is 4.98. The molecule has 4 rings (SSSR count). The van der Waals surface area contributed by atoms with E-state index in [-0.39, 0.29) is 16.3 Å². The Bertz CT molecular complexity index is 1010. The van der Waals surface area contributed by atoms with Crippen LogP contribution in [0, 0.1) is 0 Å². The molecule has 2 heterocycles. The molecule has 0 spiro atoms. The summed E-state index contributed by atoms with van der Waals surface area (Å²) in [6, 6.07) is 17.0. The summed E-state index contributed by atoms with van der Waals surface area (Å²) < 4.78 is 1.39. The van der Waals surface area contributed by atoms with Gasteiger partial charge in [-0.25, -0.2) is 4.68 Å². The number of para-hydroxylation sites is 2. The van der Waals surface area contributed by atoms with Gasteiger partial charge in [0.05, 0.1) is 24.1 Å². The lowest BCUT2D eigenvalue weighted by Gasteiger charge is -2.37. The summed E-state index contributed by atoms with van der Waals surface area (Å²) in [4.78, 5) is 16.9. The number of phenolic OH excluding ortho intramolecular Hbond substituents is 1. The van der Waals surface area contributed by atoms with E-state index in [2.05, 4.69) is 14.9 Å². The number of hydrogen-bond acceptors (Lipinski definition) is 5. The van der Waals surface area contributed by atoms with Gasteiger partial charge >= 0.3 is 0 Å². The normalized spacial score (nSPS) is 14.3. The van der Waals surface area contributed by atoms with Crippen molar-refractivity contribution in [2.45, 2.75) is 6.54 Å². The monoisotopic (exact) mass is 396 g/mol. The zero-order chi connectivity index (χ0) is 19.5. The second-order valence-electron chi connectivity index (χ2n) is 6.76. The van der Waals surface area contributed by atoms with Gasteiger partial charge in [-0.3, -0.25) is 4.79 Å². The van der Waals surface area contributed by atoms with Crippen LogP contribution in [0.5, 0.6) is 5.75 Å². The van der Waals surface area contributed by atoms with Crippen LogP contribution in [0.3, 0.4) is 0 Å². The summed E-state index contributed by atoms with van der Waals surface area (Å²) in [5.74, 6) is 0.277. The number of nitrogens with zero attached hydrogens (tertiary/aromatic N) is 4. The van der Waals surface area contributed by atoms with E-state index in [0.29, 0.717) is 25.3 Å². The van der Waals surface area contributed by atoms with E-state index < -0.39 is 0 Å². The van der Waals surface area contributed by atoms with E-state index in [1.807, 2.05) is 48.5 Å². The molecule has 0 unspecified atom stereocenters. The van der Waals surface area contributed by atoms with Gasteiger partial charge in [0, 0.05) is 26.2 Å². The average molecular weight is 397 g/mol. The van der Waals surface area contributed by atoms with Crippen molar-refractivity contribution in [3.63, 3.8) is 0 Å². The van der Waals surface area contributed by atoms with Crippen molar-refractivity contribution in [2.24, 2.45) is 0 Å². The number of anilines is 2. The first-order chi connectivity index (χ1) is 13.6. The average Bonchev–Trinajstić information content (AvgIpc) is 2.73. The van der Waals surface area contributed by atoms with Crippen LogP contribution in [-0.2, 0) is 6.54 Å². The molecule has 1 aliphatic heterocycles. The SMILES string of the molecule is O=c1c(Cl)c(N2CCN(c3ccccc3O)CC2)cnn1Cc1ccccc1. The largest absolute Gasteiger partial charge is 0.506 e. The van der Waals surface area contributed by atoms with Crippen LogP contribution in [-0.4, -0.2) is 41.1 Å². The maximum absolute atomic E-state index is 12.7. The van der Waals surface area contributed by atoms with Crippen LogP contribution in [0.2, 0.25) is 5.02 Å². The van der Waals surface area contributed by atoms with Crippen LogP contribution in [0.15, 0.2) is 65.6 Å². The van der Waals surface area contributed by atoms with Crippen molar-refractivity contribution in [3.8, 4) is 5.75 Å². The van der Waals surface area contributed by atoms with E-state index in [9.17, 15) is 9.90 Å². The number of rotatable bonds is 4. The minimum atomic E-state index is -0.286. The number of aromatic hydroxyl groups is 1. The summed E-state index contributed by atoms with van der Waals surface area (Å²) in [6.07, 6.45) is 1.67. The first-order valence-corrected chi connectivity index (χ1v) is 9.59. The Morgan fingerprint density at radius 2 is 1.50 bits per heavy atom. The third kappa shape index (κ3) is 3.68. The Hall–Kier alpha value is -2.99. The highest BCUT2D eigenvalue weighted by molar-refractivity contribution is 6.33. The van der Waals surface area contributed by atoms with Crippen LogP contribution >= 0.6 is 11.6 Å². The van der Waals surface area contributed by atoms with Gasteiger partial charge in [0.2, 0.25) is 0 Å². The molecule has 0 bridgehead atoms. The highest BCUT2D eigenvalue weighted by Gasteiger charge is 2.22. The fourth-order valence-corrected chi connectivity index (χ4v) is 3.73. The summed E-state index contributed by atoms with van der Waals surface area (Å²) in [5, 5.41) is 14.6. The minimum Gasteiger partial charge on any atom is -0.506 e. The summed E-state index contributed by atoms with van der Waals surface area (Å²) >= 11 is 6.41. The van der Waals surface area contributed by atoms with Gasteiger partial charge in [0.15, 0.2) is 0 Å². The maximum Gasteiger partial charge on any atom is 0.287 e. The first-order valence-electron chi connectivity index (χ1n) is 9.21. The molecule has 1 aliphatic rings. The molecule has 144 valence electrons. The molecule has 1 aromatic heterocycles. The molecular weight excluding hydrogens is 376 g/mol. The van der Waals surface area contributed by atoms with Crippen molar-refractivity contribution < 1.29 is 5.11 Å². The number of benzene rings is 2.